The van der Waals surface area contributed by atoms with Gasteiger partial charge in [-0.15, -0.1) is 0 Å². The van der Waals surface area contributed by atoms with E-state index in [2.05, 4.69) is 5.32 Å². The van der Waals surface area contributed by atoms with E-state index in [1.165, 1.54) is 19.3 Å². The summed E-state index contributed by atoms with van der Waals surface area (Å²) in [5, 5.41) is 3.00. The summed E-state index contributed by atoms with van der Waals surface area (Å²) in [6.45, 7) is 3.63. The molecule has 2 atom stereocenters. The van der Waals surface area contributed by atoms with E-state index in [-0.39, 0.29) is 5.91 Å². The molecule has 0 bridgehead atoms. The monoisotopic (exact) mass is 198 g/mol. The molecule has 0 aromatic heterocycles. The van der Waals surface area contributed by atoms with E-state index in [0.29, 0.717) is 18.3 Å². The van der Waals surface area contributed by atoms with Crippen molar-refractivity contribution < 1.29 is 4.79 Å². The van der Waals surface area contributed by atoms with E-state index in [1.54, 1.807) is 0 Å². The minimum atomic E-state index is 0.190. The first kappa shape index (κ1) is 11.5. The SMILES string of the molecule is CCCC(=O)NCC1CCCC1CN. The number of nitrogens with one attached hydrogen (secondary N) is 1. The topological polar surface area (TPSA) is 55.1 Å². The molecule has 3 nitrogen and oxygen atoms in total. The third-order valence-electron chi connectivity index (χ3n) is 3.16. The largest absolute Gasteiger partial charge is 0.356 e. The van der Waals surface area contributed by atoms with Crippen LogP contribution in [0, 0.1) is 11.8 Å². The highest BCUT2D eigenvalue weighted by Gasteiger charge is 2.25. The van der Waals surface area contributed by atoms with Gasteiger partial charge in [0.2, 0.25) is 5.91 Å². The van der Waals surface area contributed by atoms with Crippen molar-refractivity contribution in [1.29, 1.82) is 0 Å². The van der Waals surface area contributed by atoms with Gasteiger partial charge in [0.25, 0.3) is 0 Å². The van der Waals surface area contributed by atoms with E-state index >= 15 is 0 Å². The second-order valence-electron chi connectivity index (χ2n) is 4.24. The van der Waals surface area contributed by atoms with E-state index < -0.39 is 0 Å². The molecule has 1 aliphatic rings. The predicted molar refractivity (Wildman–Crippen MR) is 57.8 cm³/mol. The lowest BCUT2D eigenvalue weighted by atomic mass is 9.96. The zero-order valence-corrected chi connectivity index (χ0v) is 9.09. The van der Waals surface area contributed by atoms with Gasteiger partial charge in [-0.2, -0.15) is 0 Å². The van der Waals surface area contributed by atoms with Gasteiger partial charge in [-0.1, -0.05) is 13.3 Å². The Hall–Kier alpha value is -0.570. The summed E-state index contributed by atoms with van der Waals surface area (Å²) >= 11 is 0. The first-order valence-electron chi connectivity index (χ1n) is 5.74. The average molecular weight is 198 g/mol. The third kappa shape index (κ3) is 3.29. The van der Waals surface area contributed by atoms with Crippen LogP contribution in [0.5, 0.6) is 0 Å². The normalized spacial score (nSPS) is 26.4. The van der Waals surface area contributed by atoms with Crippen LogP contribution in [0.4, 0.5) is 0 Å². The van der Waals surface area contributed by atoms with Crippen molar-refractivity contribution >= 4 is 5.91 Å². The number of hydrogen-bond donors (Lipinski definition) is 2. The van der Waals surface area contributed by atoms with Crippen LogP contribution in [-0.4, -0.2) is 19.0 Å². The fraction of sp³-hybridized carbons (Fsp3) is 0.909. The van der Waals surface area contributed by atoms with Crippen molar-refractivity contribution in [3.05, 3.63) is 0 Å². The minimum Gasteiger partial charge on any atom is -0.356 e. The molecular weight excluding hydrogens is 176 g/mol. The fourth-order valence-corrected chi connectivity index (χ4v) is 2.25. The molecule has 1 saturated carbocycles. The lowest BCUT2D eigenvalue weighted by Gasteiger charge is -2.18. The molecule has 0 radical (unpaired) electrons. The Kier molecular flexibility index (Phi) is 4.94. The standard InChI is InChI=1S/C11H22N2O/c1-2-4-11(14)13-8-10-6-3-5-9(10)7-12/h9-10H,2-8,12H2,1H3,(H,13,14). The van der Waals surface area contributed by atoms with Gasteiger partial charge in [0, 0.05) is 13.0 Å². The van der Waals surface area contributed by atoms with Gasteiger partial charge in [0.05, 0.1) is 0 Å². The molecule has 14 heavy (non-hydrogen) atoms. The average Bonchev–Trinajstić information content (AvgIpc) is 2.62. The fourth-order valence-electron chi connectivity index (χ4n) is 2.25. The van der Waals surface area contributed by atoms with Gasteiger partial charge >= 0.3 is 0 Å². The van der Waals surface area contributed by atoms with Gasteiger partial charge in [-0.25, -0.2) is 0 Å². The molecule has 1 aliphatic carbocycles. The number of hydrogen-bond acceptors (Lipinski definition) is 2. The second kappa shape index (κ2) is 6.02. The molecule has 3 N–H and O–H groups in total. The molecule has 0 aromatic carbocycles. The van der Waals surface area contributed by atoms with Crippen molar-refractivity contribution in [2.24, 2.45) is 17.6 Å². The third-order valence-corrected chi connectivity index (χ3v) is 3.16. The maximum absolute atomic E-state index is 11.3. The Morgan fingerprint density at radius 1 is 1.43 bits per heavy atom. The predicted octanol–water partition coefficient (Wildman–Crippen LogP) is 1.28. The number of amides is 1. The molecular formula is C11H22N2O. The molecule has 3 heteroatoms. The Labute approximate surface area is 86.4 Å². The van der Waals surface area contributed by atoms with Crippen molar-refractivity contribution in [3.63, 3.8) is 0 Å². The molecule has 1 rings (SSSR count). The van der Waals surface area contributed by atoms with Crippen LogP contribution >= 0.6 is 0 Å². The van der Waals surface area contributed by atoms with Gasteiger partial charge in [-0.05, 0) is 37.6 Å². The summed E-state index contributed by atoms with van der Waals surface area (Å²) in [5.41, 5.74) is 5.68. The quantitative estimate of drug-likeness (QED) is 0.699. The summed E-state index contributed by atoms with van der Waals surface area (Å²) in [7, 11) is 0. The maximum Gasteiger partial charge on any atom is 0.219 e. The Bertz CT molecular complexity index is 182. The zero-order chi connectivity index (χ0) is 10.4. The van der Waals surface area contributed by atoms with Crippen LogP contribution in [0.15, 0.2) is 0 Å². The molecule has 82 valence electrons. The first-order chi connectivity index (χ1) is 6.77. The number of rotatable bonds is 5. The molecule has 0 aromatic rings. The van der Waals surface area contributed by atoms with Crippen LogP contribution in [0.2, 0.25) is 0 Å². The lowest BCUT2D eigenvalue weighted by molar-refractivity contribution is -0.121. The summed E-state index contributed by atoms with van der Waals surface area (Å²) in [4.78, 5) is 11.3. The van der Waals surface area contributed by atoms with Gasteiger partial charge in [0.1, 0.15) is 0 Å². The van der Waals surface area contributed by atoms with Crippen molar-refractivity contribution in [2.75, 3.05) is 13.1 Å². The lowest BCUT2D eigenvalue weighted by Crippen LogP contribution is -2.32. The molecule has 1 amide bonds. The highest BCUT2D eigenvalue weighted by Crippen LogP contribution is 2.30. The Morgan fingerprint density at radius 3 is 2.79 bits per heavy atom. The first-order valence-corrected chi connectivity index (χ1v) is 5.74. The summed E-state index contributed by atoms with van der Waals surface area (Å²) < 4.78 is 0. The van der Waals surface area contributed by atoms with Crippen LogP contribution in [0.25, 0.3) is 0 Å². The summed E-state index contributed by atoms with van der Waals surface area (Å²) in [6.07, 6.45) is 5.33. The zero-order valence-electron chi connectivity index (χ0n) is 9.09. The Morgan fingerprint density at radius 2 is 2.14 bits per heavy atom. The van der Waals surface area contributed by atoms with Crippen molar-refractivity contribution in [3.8, 4) is 0 Å². The molecule has 1 fully saturated rings. The van der Waals surface area contributed by atoms with Crippen molar-refractivity contribution in [2.45, 2.75) is 39.0 Å². The molecule has 2 unspecified atom stereocenters. The highest BCUT2D eigenvalue weighted by molar-refractivity contribution is 5.75. The van der Waals surface area contributed by atoms with Crippen LogP contribution in [0.1, 0.15) is 39.0 Å². The summed E-state index contributed by atoms with van der Waals surface area (Å²) in [5.74, 6) is 1.45. The van der Waals surface area contributed by atoms with Crippen molar-refractivity contribution in [1.82, 2.24) is 5.32 Å². The van der Waals surface area contributed by atoms with Gasteiger partial charge in [-0.3, -0.25) is 4.79 Å². The van der Waals surface area contributed by atoms with E-state index in [9.17, 15) is 4.79 Å². The minimum absolute atomic E-state index is 0.190. The number of carbonyl (C=O) groups excluding carboxylic acids is 1. The van der Waals surface area contributed by atoms with Gasteiger partial charge < -0.3 is 11.1 Å². The molecule has 0 spiro atoms. The van der Waals surface area contributed by atoms with Crippen LogP contribution < -0.4 is 11.1 Å². The van der Waals surface area contributed by atoms with Crippen LogP contribution in [0.3, 0.4) is 0 Å². The van der Waals surface area contributed by atoms with Crippen LogP contribution in [-0.2, 0) is 4.79 Å². The summed E-state index contributed by atoms with van der Waals surface area (Å²) in [6, 6.07) is 0. The molecule has 0 saturated heterocycles. The Balaban J connectivity index is 2.20. The van der Waals surface area contributed by atoms with Gasteiger partial charge in [0.15, 0.2) is 0 Å². The number of nitrogens with two attached hydrogens (primary N) is 1. The van der Waals surface area contributed by atoms with E-state index in [1.807, 2.05) is 6.92 Å². The second-order valence-corrected chi connectivity index (χ2v) is 4.24. The molecule has 0 heterocycles. The number of carbonyl (C=O) groups is 1. The smallest absolute Gasteiger partial charge is 0.219 e. The van der Waals surface area contributed by atoms with E-state index in [4.69, 9.17) is 5.73 Å². The maximum atomic E-state index is 11.3. The highest BCUT2D eigenvalue weighted by atomic mass is 16.1. The molecule has 0 aliphatic heterocycles. The van der Waals surface area contributed by atoms with E-state index in [0.717, 1.165) is 19.5 Å².